The van der Waals surface area contributed by atoms with E-state index >= 15 is 0 Å². The average molecular weight is 1270 g/mol. The van der Waals surface area contributed by atoms with E-state index in [-0.39, 0.29) is 24.9 Å². The van der Waals surface area contributed by atoms with Crippen LogP contribution in [0.3, 0.4) is 0 Å². The predicted molar refractivity (Wildman–Crippen MR) is 390 cm³/mol. The van der Waals surface area contributed by atoms with Crippen molar-refractivity contribution in [3.8, 4) is 0 Å². The predicted octanol–water partition coefficient (Wildman–Crippen LogP) is 23.3. The summed E-state index contributed by atoms with van der Waals surface area (Å²) < 4.78 is 30.5. The van der Waals surface area contributed by atoms with Crippen LogP contribution in [0.15, 0.2) is 134 Å². The number of phosphoric acid groups is 1. The largest absolute Gasteiger partial charge is 0.756 e. The second-order valence-electron chi connectivity index (χ2n) is 25.7. The molecule has 0 aromatic heterocycles. The lowest BCUT2D eigenvalue weighted by atomic mass is 10.0. The Morgan fingerprint density at radius 3 is 1.07 bits per heavy atom. The Balaban J connectivity index is 5.05. The molecule has 0 aliphatic carbocycles. The van der Waals surface area contributed by atoms with Crippen LogP contribution in [0.4, 0.5) is 0 Å². The van der Waals surface area contributed by atoms with Gasteiger partial charge in [-0.25, -0.2) is 0 Å². The molecule has 0 aliphatic heterocycles. The Kier molecular flexibility index (Phi) is 65.1. The first-order valence-electron chi connectivity index (χ1n) is 37.0. The second-order valence-corrected chi connectivity index (χ2v) is 27.1. The number of amides is 1. The maximum absolute atomic E-state index is 13.6. The van der Waals surface area contributed by atoms with Crippen LogP contribution in [0.25, 0.3) is 0 Å². The first kappa shape index (κ1) is 86.2. The minimum absolute atomic E-state index is 0.0299. The molecule has 0 rings (SSSR count). The smallest absolute Gasteiger partial charge is 0.306 e. The average Bonchev–Trinajstić information content (AvgIpc) is 3.04. The number of phosphoric ester groups is 1. The van der Waals surface area contributed by atoms with E-state index in [1.54, 1.807) is 0 Å². The number of carbonyl (C=O) groups excluding carboxylic acids is 2. The summed E-state index contributed by atoms with van der Waals surface area (Å²) in [4.78, 5) is 40.3. The molecule has 0 spiro atoms. The lowest BCUT2D eigenvalue weighted by Crippen LogP contribution is -2.47. The van der Waals surface area contributed by atoms with Crippen LogP contribution < -0.4 is 10.2 Å². The fraction of sp³-hybridized carbons (Fsp3) is 0.700. The minimum Gasteiger partial charge on any atom is -0.756 e. The summed E-state index contributed by atoms with van der Waals surface area (Å²) in [5.74, 6) is -0.553. The highest BCUT2D eigenvalue weighted by molar-refractivity contribution is 7.45. The molecule has 0 fully saturated rings. The maximum Gasteiger partial charge on any atom is 0.306 e. The van der Waals surface area contributed by atoms with Crippen molar-refractivity contribution >= 4 is 19.7 Å². The Bertz CT molecular complexity index is 2000. The third kappa shape index (κ3) is 68.5. The van der Waals surface area contributed by atoms with Crippen LogP contribution in [-0.4, -0.2) is 69.4 Å². The van der Waals surface area contributed by atoms with Crippen LogP contribution in [0.5, 0.6) is 0 Å². The van der Waals surface area contributed by atoms with Crippen LogP contribution in [-0.2, 0) is 27.9 Å². The molecule has 9 nitrogen and oxygen atoms in total. The number of likely N-dealkylation sites (N-methyl/N-ethyl adjacent to an activating group) is 1. The summed E-state index contributed by atoms with van der Waals surface area (Å²) >= 11 is 0. The SMILES string of the molecule is CC/C=C\C/C=C\C/C=C\C/C=C\C/C=C\CCCCCCCCCCCCCC(=O)NC(COP(=O)([O-])OCC[N+](C)(C)C)C(/C=C/CCCCCCCCCCCC)OC(=O)CCCCCCCCCCC/C=C\C/C=C\C/C=C\C/C=C\C/C=C\CC. The van der Waals surface area contributed by atoms with E-state index in [4.69, 9.17) is 13.8 Å². The summed E-state index contributed by atoms with van der Waals surface area (Å²) in [5, 5.41) is 3.04. The number of hydrogen-bond donors (Lipinski definition) is 1. The Morgan fingerprint density at radius 2 is 0.711 bits per heavy atom. The molecule has 0 aliphatic rings. The van der Waals surface area contributed by atoms with Crippen molar-refractivity contribution in [1.82, 2.24) is 5.32 Å². The van der Waals surface area contributed by atoms with E-state index in [1.807, 2.05) is 33.3 Å². The van der Waals surface area contributed by atoms with Crippen molar-refractivity contribution in [2.75, 3.05) is 40.9 Å². The number of hydrogen-bond acceptors (Lipinski definition) is 7. The monoisotopic (exact) mass is 1270 g/mol. The van der Waals surface area contributed by atoms with Gasteiger partial charge in [-0.05, 0) is 122 Å². The number of rotatable bonds is 66. The van der Waals surface area contributed by atoms with Gasteiger partial charge in [0.1, 0.15) is 19.3 Å². The molecule has 516 valence electrons. The first-order valence-corrected chi connectivity index (χ1v) is 38.5. The van der Waals surface area contributed by atoms with Gasteiger partial charge in [0.15, 0.2) is 0 Å². The van der Waals surface area contributed by atoms with Gasteiger partial charge in [-0.1, -0.05) is 309 Å². The molecule has 1 N–H and O–H groups in total. The topological polar surface area (TPSA) is 114 Å². The number of quaternary nitrogens is 1. The summed E-state index contributed by atoms with van der Waals surface area (Å²) in [6.45, 7) is 6.62. The minimum atomic E-state index is -4.72. The quantitative estimate of drug-likeness (QED) is 0.0212. The molecule has 0 aromatic carbocycles. The number of ether oxygens (including phenoxy) is 1. The molecule has 0 aromatic rings. The van der Waals surface area contributed by atoms with Crippen molar-refractivity contribution in [3.63, 3.8) is 0 Å². The van der Waals surface area contributed by atoms with Gasteiger partial charge in [-0.3, -0.25) is 14.2 Å². The summed E-state index contributed by atoms with van der Waals surface area (Å²) in [7, 11) is 1.17. The van der Waals surface area contributed by atoms with Crippen molar-refractivity contribution in [2.24, 2.45) is 0 Å². The highest BCUT2D eigenvalue weighted by atomic mass is 31.2. The van der Waals surface area contributed by atoms with Gasteiger partial charge in [0.05, 0.1) is 33.8 Å². The standard InChI is InChI=1S/C80H139N2O7P/c1-7-10-13-16-19-22-25-28-30-32-34-36-38-40-41-43-44-46-48-50-52-54-57-60-63-66-69-72-79(83)81-77(76-88-90(85,86)87-75-74-82(4,5)6)78(71-68-65-62-59-56-27-24-21-18-15-12-9-3)89-80(84)73-70-67-64-61-58-55-53-51-49-47-45-42-39-37-35-33-31-29-26-23-20-17-14-11-8-2/h10-11,13-14,19-20,22-23,28-31,34-37,40-42,45,68,71,77-78H,7-9,12,15-18,21,24-27,32-33,38-39,43-44,46-67,69-70,72-76H2,1-6H3,(H-,81,83,85,86)/b13-10-,14-11-,22-19-,23-20-,30-28-,31-29-,36-34-,37-35-,41-40-,45-42-,71-68+. The number of unbranched alkanes of at least 4 members (excludes halogenated alkanes) is 30. The molecule has 0 saturated heterocycles. The van der Waals surface area contributed by atoms with E-state index < -0.39 is 26.6 Å². The van der Waals surface area contributed by atoms with Crippen molar-refractivity contribution in [2.45, 2.75) is 322 Å². The lowest BCUT2D eigenvalue weighted by molar-refractivity contribution is -0.870. The summed E-state index contributed by atoms with van der Waals surface area (Å²) in [6, 6.07) is -0.903. The van der Waals surface area contributed by atoms with Crippen molar-refractivity contribution < 1.29 is 37.3 Å². The molecule has 0 radical (unpaired) electrons. The zero-order valence-corrected chi connectivity index (χ0v) is 59.9. The molecule has 0 saturated carbocycles. The van der Waals surface area contributed by atoms with E-state index in [0.717, 1.165) is 148 Å². The summed E-state index contributed by atoms with van der Waals surface area (Å²) in [5.41, 5.74) is 0. The Hall–Kier alpha value is -3.85. The van der Waals surface area contributed by atoms with Gasteiger partial charge in [-0.2, -0.15) is 0 Å². The highest BCUT2D eigenvalue weighted by Crippen LogP contribution is 2.38. The van der Waals surface area contributed by atoms with Gasteiger partial charge in [-0.15, -0.1) is 0 Å². The Labute approximate surface area is 556 Å². The Morgan fingerprint density at radius 1 is 0.400 bits per heavy atom. The molecule has 10 heteroatoms. The second kappa shape index (κ2) is 68.0. The van der Waals surface area contributed by atoms with Gasteiger partial charge < -0.3 is 28.5 Å². The third-order valence-corrected chi connectivity index (χ3v) is 16.8. The first-order chi connectivity index (χ1) is 43.9. The molecular weight excluding hydrogens is 1130 g/mol. The summed E-state index contributed by atoms with van der Waals surface area (Å²) in [6.07, 6.45) is 97.2. The fourth-order valence-electron chi connectivity index (χ4n) is 10.2. The molecule has 0 heterocycles. The van der Waals surface area contributed by atoms with Crippen molar-refractivity contribution in [1.29, 1.82) is 0 Å². The zero-order chi connectivity index (χ0) is 65.6. The number of esters is 1. The van der Waals surface area contributed by atoms with E-state index in [2.05, 4.69) is 148 Å². The molecule has 0 bridgehead atoms. The van der Waals surface area contributed by atoms with Crippen molar-refractivity contribution in [3.05, 3.63) is 134 Å². The molecule has 90 heavy (non-hydrogen) atoms. The zero-order valence-electron chi connectivity index (χ0n) is 59.0. The van der Waals surface area contributed by atoms with Gasteiger partial charge >= 0.3 is 5.97 Å². The number of nitrogens with one attached hydrogen (secondary N) is 1. The van der Waals surface area contributed by atoms with Crippen LogP contribution >= 0.6 is 7.82 Å². The number of allylic oxidation sites excluding steroid dienone is 21. The lowest BCUT2D eigenvalue weighted by Gasteiger charge is -2.30. The maximum atomic E-state index is 13.6. The fourth-order valence-corrected chi connectivity index (χ4v) is 10.9. The van der Waals surface area contributed by atoms with E-state index in [1.165, 1.54) is 128 Å². The van der Waals surface area contributed by atoms with Gasteiger partial charge in [0.2, 0.25) is 5.91 Å². The van der Waals surface area contributed by atoms with E-state index in [9.17, 15) is 19.0 Å². The van der Waals surface area contributed by atoms with Crippen LogP contribution in [0.1, 0.15) is 310 Å². The van der Waals surface area contributed by atoms with Crippen LogP contribution in [0.2, 0.25) is 0 Å². The molecule has 3 atom stereocenters. The van der Waals surface area contributed by atoms with Gasteiger partial charge in [0.25, 0.3) is 7.82 Å². The molecular formula is C80H139N2O7P. The third-order valence-electron chi connectivity index (χ3n) is 15.8. The molecule has 3 unspecified atom stereocenters. The van der Waals surface area contributed by atoms with E-state index in [0.29, 0.717) is 17.4 Å². The number of carbonyl (C=O) groups is 2. The van der Waals surface area contributed by atoms with Crippen LogP contribution in [0, 0.1) is 0 Å². The normalized spacial score (nSPS) is 14.3. The highest BCUT2D eigenvalue weighted by Gasteiger charge is 2.27. The van der Waals surface area contributed by atoms with Gasteiger partial charge in [0, 0.05) is 12.8 Å². The molecule has 1 amide bonds. The number of nitrogens with zero attached hydrogens (tertiary/aromatic N) is 1.